The predicted molar refractivity (Wildman–Crippen MR) is 60.9 cm³/mol. The molecule has 0 bridgehead atoms. The Labute approximate surface area is 111 Å². The molecule has 0 spiro atoms. The number of carboxylic acids is 1. The van der Waals surface area contributed by atoms with Gasteiger partial charge < -0.3 is 10.4 Å². The third-order valence-corrected chi connectivity index (χ3v) is 3.22. The first kappa shape index (κ1) is 14.3. The Morgan fingerprint density at radius 1 is 1.35 bits per heavy atom. The van der Waals surface area contributed by atoms with Crippen LogP contribution in [0.3, 0.4) is 0 Å². The highest BCUT2D eigenvalue weighted by Crippen LogP contribution is 2.45. The Balaban J connectivity index is 1.98. The molecule has 1 aliphatic carbocycles. The first-order valence-corrected chi connectivity index (χ1v) is 5.79. The van der Waals surface area contributed by atoms with Crippen molar-refractivity contribution in [2.24, 2.45) is 5.41 Å². The van der Waals surface area contributed by atoms with E-state index >= 15 is 0 Å². The summed E-state index contributed by atoms with van der Waals surface area (Å²) in [5, 5.41) is 11.3. The molecule has 108 valence electrons. The largest absolute Gasteiger partial charge is 0.481 e. The van der Waals surface area contributed by atoms with Crippen molar-refractivity contribution in [2.45, 2.75) is 19.0 Å². The molecular weight excluding hydrogens is 277 g/mol. The van der Waals surface area contributed by atoms with E-state index in [4.69, 9.17) is 5.11 Å². The maximum Gasteiger partial charge on any atom is 0.417 e. The number of hydrogen-bond donors (Lipinski definition) is 2. The van der Waals surface area contributed by atoms with Crippen LogP contribution in [0.25, 0.3) is 0 Å². The van der Waals surface area contributed by atoms with E-state index in [1.54, 1.807) is 0 Å². The van der Waals surface area contributed by atoms with E-state index in [2.05, 4.69) is 10.3 Å². The van der Waals surface area contributed by atoms with Crippen LogP contribution >= 0.6 is 0 Å². The van der Waals surface area contributed by atoms with Gasteiger partial charge in [-0.15, -0.1) is 0 Å². The second-order valence-electron chi connectivity index (χ2n) is 4.70. The fraction of sp³-hybridized carbons (Fsp3) is 0.417. The lowest BCUT2D eigenvalue weighted by Crippen LogP contribution is -2.34. The molecule has 1 amide bonds. The molecule has 2 N–H and O–H groups in total. The number of nitrogens with one attached hydrogen (secondary N) is 1. The number of carbonyl (C=O) groups is 2. The van der Waals surface area contributed by atoms with Crippen molar-refractivity contribution in [2.75, 3.05) is 6.54 Å². The topological polar surface area (TPSA) is 79.3 Å². The van der Waals surface area contributed by atoms with Crippen molar-refractivity contribution in [3.05, 3.63) is 29.6 Å². The number of carbonyl (C=O) groups excluding carboxylic acids is 1. The van der Waals surface area contributed by atoms with Gasteiger partial charge in [0.05, 0.1) is 11.0 Å². The molecule has 1 aliphatic rings. The Bertz CT molecular complexity index is 536. The molecule has 5 nitrogen and oxygen atoms in total. The fourth-order valence-corrected chi connectivity index (χ4v) is 1.65. The average molecular weight is 288 g/mol. The Hall–Kier alpha value is -2.12. The highest BCUT2D eigenvalue weighted by Gasteiger charge is 2.50. The minimum Gasteiger partial charge on any atom is -0.481 e. The molecule has 1 heterocycles. The maximum absolute atomic E-state index is 12.3. The zero-order valence-corrected chi connectivity index (χ0v) is 10.2. The van der Waals surface area contributed by atoms with Crippen LogP contribution in [0.2, 0.25) is 0 Å². The summed E-state index contributed by atoms with van der Waals surface area (Å²) in [5.41, 5.74) is -2.06. The van der Waals surface area contributed by atoms with Gasteiger partial charge in [0, 0.05) is 12.7 Å². The number of nitrogens with zero attached hydrogens (tertiary/aromatic N) is 1. The van der Waals surface area contributed by atoms with E-state index in [-0.39, 0.29) is 12.2 Å². The number of amides is 1. The van der Waals surface area contributed by atoms with Crippen LogP contribution in [0.4, 0.5) is 13.2 Å². The van der Waals surface area contributed by atoms with E-state index in [0.29, 0.717) is 19.0 Å². The van der Waals surface area contributed by atoms with Crippen molar-refractivity contribution >= 4 is 11.9 Å². The number of hydrogen-bond acceptors (Lipinski definition) is 3. The van der Waals surface area contributed by atoms with Crippen LogP contribution in [-0.4, -0.2) is 28.5 Å². The highest BCUT2D eigenvalue weighted by molar-refractivity contribution is 5.92. The van der Waals surface area contributed by atoms with Gasteiger partial charge in [-0.3, -0.25) is 14.6 Å². The van der Waals surface area contributed by atoms with Crippen LogP contribution in [0.1, 0.15) is 28.9 Å². The van der Waals surface area contributed by atoms with Crippen molar-refractivity contribution in [1.82, 2.24) is 10.3 Å². The summed E-state index contributed by atoms with van der Waals surface area (Å²) in [7, 11) is 0. The van der Waals surface area contributed by atoms with Crippen molar-refractivity contribution < 1.29 is 27.9 Å². The standard InChI is InChI=1S/C12H11F3N2O3/c13-12(14,15)7-1-2-8(16-5-7)9(18)17-6-11(3-4-11)10(19)20/h1-2,5H,3-4,6H2,(H,17,18)(H,19,20). The second kappa shape index (κ2) is 4.77. The third-order valence-electron chi connectivity index (χ3n) is 3.22. The third kappa shape index (κ3) is 2.89. The molecule has 0 unspecified atom stereocenters. The lowest BCUT2D eigenvalue weighted by molar-refractivity contribution is -0.143. The molecule has 2 rings (SSSR count). The molecule has 0 atom stereocenters. The molecule has 1 aromatic rings. The second-order valence-corrected chi connectivity index (χ2v) is 4.70. The lowest BCUT2D eigenvalue weighted by atomic mass is 10.1. The van der Waals surface area contributed by atoms with Gasteiger partial charge >= 0.3 is 12.1 Å². The summed E-state index contributed by atoms with van der Waals surface area (Å²) < 4.78 is 36.9. The number of halogens is 3. The molecule has 0 radical (unpaired) electrons. The predicted octanol–water partition coefficient (Wildman–Crippen LogP) is 1.69. The van der Waals surface area contributed by atoms with E-state index in [0.717, 1.165) is 12.1 Å². The van der Waals surface area contributed by atoms with E-state index in [9.17, 15) is 22.8 Å². The average Bonchev–Trinajstić information content (AvgIpc) is 3.16. The number of carboxylic acid groups (broad SMARTS) is 1. The minimum atomic E-state index is -4.51. The molecule has 0 saturated heterocycles. The highest BCUT2D eigenvalue weighted by atomic mass is 19.4. The summed E-state index contributed by atoms with van der Waals surface area (Å²) in [4.78, 5) is 26.0. The van der Waals surface area contributed by atoms with E-state index in [1.165, 1.54) is 0 Å². The van der Waals surface area contributed by atoms with Gasteiger partial charge in [0.15, 0.2) is 0 Å². The summed E-state index contributed by atoms with van der Waals surface area (Å²) >= 11 is 0. The Kier molecular flexibility index (Phi) is 3.41. The molecule has 8 heteroatoms. The van der Waals surface area contributed by atoms with Gasteiger partial charge in [-0.25, -0.2) is 0 Å². The van der Waals surface area contributed by atoms with Crippen molar-refractivity contribution in [3.8, 4) is 0 Å². The quantitative estimate of drug-likeness (QED) is 0.883. The van der Waals surface area contributed by atoms with Crippen LogP contribution in [0.15, 0.2) is 18.3 Å². The number of pyridine rings is 1. The van der Waals surface area contributed by atoms with Gasteiger partial charge in [0.1, 0.15) is 5.69 Å². The lowest BCUT2D eigenvalue weighted by Gasteiger charge is -2.11. The molecular formula is C12H11F3N2O3. The van der Waals surface area contributed by atoms with E-state index < -0.39 is 29.0 Å². The van der Waals surface area contributed by atoms with Crippen molar-refractivity contribution in [3.63, 3.8) is 0 Å². The summed E-state index contributed by atoms with van der Waals surface area (Å²) in [6, 6.07) is 1.71. The van der Waals surface area contributed by atoms with Crippen LogP contribution in [0.5, 0.6) is 0 Å². The maximum atomic E-state index is 12.3. The Morgan fingerprint density at radius 3 is 2.40 bits per heavy atom. The molecule has 0 aromatic carbocycles. The normalized spacial score (nSPS) is 16.6. The smallest absolute Gasteiger partial charge is 0.417 e. The molecule has 1 aromatic heterocycles. The fourth-order valence-electron chi connectivity index (χ4n) is 1.65. The Morgan fingerprint density at radius 2 is 2.00 bits per heavy atom. The molecule has 1 fully saturated rings. The SMILES string of the molecule is O=C(NCC1(C(=O)O)CC1)c1ccc(C(F)(F)F)cn1. The van der Waals surface area contributed by atoms with Crippen LogP contribution < -0.4 is 5.32 Å². The zero-order chi connectivity index (χ0) is 15.0. The monoisotopic (exact) mass is 288 g/mol. The van der Waals surface area contributed by atoms with Gasteiger partial charge in [-0.1, -0.05) is 0 Å². The van der Waals surface area contributed by atoms with Crippen molar-refractivity contribution in [1.29, 1.82) is 0 Å². The summed E-state index contributed by atoms with van der Waals surface area (Å²) in [6.45, 7) is -0.0517. The molecule has 1 saturated carbocycles. The molecule has 20 heavy (non-hydrogen) atoms. The number of alkyl halides is 3. The van der Waals surface area contributed by atoms with Crippen LogP contribution in [-0.2, 0) is 11.0 Å². The van der Waals surface area contributed by atoms with Crippen LogP contribution in [0, 0.1) is 5.41 Å². The van der Waals surface area contributed by atoms with Gasteiger partial charge in [-0.2, -0.15) is 13.2 Å². The number of aromatic nitrogens is 1. The summed E-state index contributed by atoms with van der Waals surface area (Å²) in [5.74, 6) is -1.68. The van der Waals surface area contributed by atoms with Gasteiger partial charge in [-0.05, 0) is 25.0 Å². The number of rotatable bonds is 4. The zero-order valence-electron chi connectivity index (χ0n) is 10.2. The van der Waals surface area contributed by atoms with Gasteiger partial charge in [0.2, 0.25) is 0 Å². The molecule has 0 aliphatic heterocycles. The minimum absolute atomic E-state index is 0.0517. The number of aliphatic carboxylic acids is 1. The first-order valence-electron chi connectivity index (χ1n) is 5.79. The van der Waals surface area contributed by atoms with Gasteiger partial charge in [0.25, 0.3) is 5.91 Å². The summed E-state index contributed by atoms with van der Waals surface area (Å²) in [6.07, 6.45) is -2.99. The van der Waals surface area contributed by atoms with E-state index in [1.807, 2.05) is 0 Å². The first-order chi connectivity index (χ1) is 9.24.